The van der Waals surface area contributed by atoms with E-state index < -0.39 is 5.83 Å². The zero-order valence-corrected chi connectivity index (χ0v) is 9.46. The molecule has 4 nitrogen and oxygen atoms in total. The van der Waals surface area contributed by atoms with Gasteiger partial charge in [0.2, 0.25) is 6.79 Å². The average molecular weight is 238 g/mol. The summed E-state index contributed by atoms with van der Waals surface area (Å²) in [5.41, 5.74) is 6.58. The number of hydrogen-bond donors (Lipinski definition) is 2. The highest BCUT2D eigenvalue weighted by atomic mass is 19.1. The second-order valence-corrected chi connectivity index (χ2v) is 3.82. The van der Waals surface area contributed by atoms with Crippen LogP contribution >= 0.6 is 0 Å². The van der Waals surface area contributed by atoms with Crippen LogP contribution in [0.5, 0.6) is 0 Å². The van der Waals surface area contributed by atoms with Gasteiger partial charge in [0.15, 0.2) is 11.6 Å². The smallest absolute Gasteiger partial charge is 0.230 e. The van der Waals surface area contributed by atoms with E-state index in [2.05, 4.69) is 11.9 Å². The predicted octanol–water partition coefficient (Wildman–Crippen LogP) is 1.80. The molecular formula is C12H15FN2O2. The second-order valence-electron chi connectivity index (χ2n) is 3.82. The molecule has 2 rings (SSSR count). The fourth-order valence-electron chi connectivity index (χ4n) is 1.71. The lowest BCUT2D eigenvalue weighted by atomic mass is 10.0. The molecule has 0 aromatic rings. The molecule has 0 unspecified atom stereocenters. The van der Waals surface area contributed by atoms with Crippen LogP contribution in [0.4, 0.5) is 4.39 Å². The van der Waals surface area contributed by atoms with Gasteiger partial charge in [-0.1, -0.05) is 6.58 Å². The summed E-state index contributed by atoms with van der Waals surface area (Å²) < 4.78 is 23.5. The Morgan fingerprint density at radius 2 is 2.35 bits per heavy atom. The first-order valence-electron chi connectivity index (χ1n) is 5.40. The van der Waals surface area contributed by atoms with E-state index in [1.165, 1.54) is 0 Å². The number of allylic oxidation sites excluding steroid dienone is 4. The molecular weight excluding hydrogens is 223 g/mol. The van der Waals surface area contributed by atoms with Crippen molar-refractivity contribution in [3.05, 3.63) is 47.5 Å². The average Bonchev–Trinajstić information content (AvgIpc) is 2.82. The molecule has 3 N–H and O–H groups in total. The fraction of sp³-hybridized carbons (Fsp3) is 0.333. The van der Waals surface area contributed by atoms with E-state index in [9.17, 15) is 4.39 Å². The number of nitrogens with two attached hydrogens (primary N) is 1. The summed E-state index contributed by atoms with van der Waals surface area (Å²) in [7, 11) is 0. The first-order chi connectivity index (χ1) is 8.20. The minimum Gasteiger partial charge on any atom is -0.458 e. The van der Waals surface area contributed by atoms with Gasteiger partial charge in [0.05, 0.1) is 0 Å². The first kappa shape index (κ1) is 11.6. The molecule has 0 saturated heterocycles. The number of halogens is 1. The van der Waals surface area contributed by atoms with E-state index in [1.807, 2.05) is 6.08 Å². The Kier molecular flexibility index (Phi) is 3.37. The van der Waals surface area contributed by atoms with Gasteiger partial charge < -0.3 is 20.5 Å². The topological polar surface area (TPSA) is 56.5 Å². The van der Waals surface area contributed by atoms with Crippen LogP contribution < -0.4 is 11.1 Å². The minimum absolute atomic E-state index is 0.00395. The van der Waals surface area contributed by atoms with Crippen molar-refractivity contribution in [2.45, 2.75) is 12.8 Å². The Bertz CT molecular complexity index is 424. The largest absolute Gasteiger partial charge is 0.458 e. The molecule has 0 spiro atoms. The summed E-state index contributed by atoms with van der Waals surface area (Å²) in [6, 6.07) is 0. The summed E-state index contributed by atoms with van der Waals surface area (Å²) in [6.07, 6.45) is 4.67. The molecule has 2 aliphatic rings. The quantitative estimate of drug-likeness (QED) is 0.733. The third kappa shape index (κ3) is 2.61. The van der Waals surface area contributed by atoms with E-state index in [4.69, 9.17) is 15.2 Å². The van der Waals surface area contributed by atoms with Crippen LogP contribution in [0.15, 0.2) is 47.5 Å². The van der Waals surface area contributed by atoms with Crippen LogP contribution in [-0.2, 0) is 9.47 Å². The SMILES string of the molecule is C=C/C(F)=C(\N)NCC1=CC2=C(CC1)OCO2. The molecule has 1 heterocycles. The molecule has 0 fully saturated rings. The monoisotopic (exact) mass is 238 g/mol. The van der Waals surface area contributed by atoms with Crippen molar-refractivity contribution in [3.63, 3.8) is 0 Å². The molecule has 17 heavy (non-hydrogen) atoms. The highest BCUT2D eigenvalue weighted by Crippen LogP contribution is 2.29. The maximum Gasteiger partial charge on any atom is 0.230 e. The van der Waals surface area contributed by atoms with Gasteiger partial charge in [0, 0.05) is 13.0 Å². The van der Waals surface area contributed by atoms with Crippen LogP contribution in [0.3, 0.4) is 0 Å². The van der Waals surface area contributed by atoms with Crippen LogP contribution in [0.2, 0.25) is 0 Å². The van der Waals surface area contributed by atoms with Crippen molar-refractivity contribution in [2.75, 3.05) is 13.3 Å². The van der Waals surface area contributed by atoms with Crippen molar-refractivity contribution in [1.82, 2.24) is 5.32 Å². The maximum atomic E-state index is 13.0. The molecule has 1 aliphatic carbocycles. The Morgan fingerprint density at radius 3 is 3.12 bits per heavy atom. The standard InChI is InChI=1S/C12H15FN2O2/c1-2-9(13)12(14)15-6-8-3-4-10-11(5-8)17-7-16-10/h2,5,15H,1,3-4,6-7,14H2/b12-9-. The van der Waals surface area contributed by atoms with Gasteiger partial charge in [-0.05, 0) is 24.1 Å². The van der Waals surface area contributed by atoms with E-state index in [0.717, 1.165) is 36.0 Å². The van der Waals surface area contributed by atoms with Crippen molar-refractivity contribution in [2.24, 2.45) is 5.73 Å². The highest BCUT2D eigenvalue weighted by molar-refractivity contribution is 5.29. The molecule has 5 heteroatoms. The molecule has 92 valence electrons. The molecule has 1 aliphatic heterocycles. The van der Waals surface area contributed by atoms with Crippen LogP contribution in [-0.4, -0.2) is 13.3 Å². The Morgan fingerprint density at radius 1 is 1.53 bits per heavy atom. The molecule has 0 bridgehead atoms. The van der Waals surface area contributed by atoms with Gasteiger partial charge in [-0.3, -0.25) is 0 Å². The van der Waals surface area contributed by atoms with Gasteiger partial charge in [-0.15, -0.1) is 0 Å². The third-order valence-electron chi connectivity index (χ3n) is 2.67. The van der Waals surface area contributed by atoms with Crippen LogP contribution in [0, 0.1) is 0 Å². The second kappa shape index (κ2) is 4.95. The van der Waals surface area contributed by atoms with E-state index in [0.29, 0.717) is 6.54 Å². The first-order valence-corrected chi connectivity index (χ1v) is 5.40. The summed E-state index contributed by atoms with van der Waals surface area (Å²) in [6.45, 7) is 4.09. The summed E-state index contributed by atoms with van der Waals surface area (Å²) in [5, 5.41) is 2.81. The van der Waals surface area contributed by atoms with Crippen molar-refractivity contribution < 1.29 is 13.9 Å². The minimum atomic E-state index is -0.540. The number of hydrogen-bond acceptors (Lipinski definition) is 4. The summed E-state index contributed by atoms with van der Waals surface area (Å²) in [5.74, 6) is 1.14. The zero-order chi connectivity index (χ0) is 12.3. The Balaban J connectivity index is 1.95. The molecule has 0 radical (unpaired) electrons. The molecule has 0 aromatic heterocycles. The van der Waals surface area contributed by atoms with Crippen molar-refractivity contribution in [3.8, 4) is 0 Å². The molecule has 0 aromatic carbocycles. The fourth-order valence-corrected chi connectivity index (χ4v) is 1.71. The number of nitrogens with one attached hydrogen (secondary N) is 1. The van der Waals surface area contributed by atoms with Crippen LogP contribution in [0.25, 0.3) is 0 Å². The normalized spacial score (nSPS) is 19.7. The molecule has 0 atom stereocenters. The van der Waals surface area contributed by atoms with Crippen molar-refractivity contribution in [1.29, 1.82) is 0 Å². The maximum absolute atomic E-state index is 13.0. The van der Waals surface area contributed by atoms with Gasteiger partial charge >= 0.3 is 0 Å². The van der Waals surface area contributed by atoms with Crippen molar-refractivity contribution >= 4 is 0 Å². The highest BCUT2D eigenvalue weighted by Gasteiger charge is 2.20. The van der Waals surface area contributed by atoms with Gasteiger partial charge in [0.1, 0.15) is 11.6 Å². The lowest BCUT2D eigenvalue weighted by molar-refractivity contribution is 0.0729. The summed E-state index contributed by atoms with van der Waals surface area (Å²) >= 11 is 0. The Labute approximate surface area is 99.3 Å². The summed E-state index contributed by atoms with van der Waals surface area (Å²) in [4.78, 5) is 0. The third-order valence-corrected chi connectivity index (χ3v) is 2.67. The Hall–Kier alpha value is -1.91. The van der Waals surface area contributed by atoms with Crippen LogP contribution in [0.1, 0.15) is 12.8 Å². The van der Waals surface area contributed by atoms with E-state index in [1.54, 1.807) is 0 Å². The van der Waals surface area contributed by atoms with Gasteiger partial charge in [0.25, 0.3) is 0 Å². The lowest BCUT2D eigenvalue weighted by Gasteiger charge is -2.14. The predicted molar refractivity (Wildman–Crippen MR) is 61.9 cm³/mol. The van der Waals surface area contributed by atoms with Gasteiger partial charge in [-0.2, -0.15) is 0 Å². The van der Waals surface area contributed by atoms with E-state index >= 15 is 0 Å². The number of ether oxygens (including phenoxy) is 2. The van der Waals surface area contributed by atoms with Gasteiger partial charge in [-0.25, -0.2) is 4.39 Å². The van der Waals surface area contributed by atoms with E-state index in [-0.39, 0.29) is 12.6 Å². The molecule has 0 saturated carbocycles. The molecule has 0 amide bonds. The number of rotatable bonds is 4. The zero-order valence-electron chi connectivity index (χ0n) is 9.46. The lowest BCUT2D eigenvalue weighted by Crippen LogP contribution is -2.24.